The molecule has 1 aliphatic heterocycles. The number of hydrogen-bond donors (Lipinski definition) is 0. The monoisotopic (exact) mass is 318 g/mol. The molecule has 0 N–H and O–H groups in total. The van der Waals surface area contributed by atoms with Crippen LogP contribution in [-0.4, -0.2) is 14.8 Å². The highest BCUT2D eigenvalue weighted by molar-refractivity contribution is 7.98. The van der Waals surface area contributed by atoms with Crippen molar-refractivity contribution >= 4 is 23.4 Å². The van der Waals surface area contributed by atoms with Gasteiger partial charge in [0.05, 0.1) is 11.6 Å². The summed E-state index contributed by atoms with van der Waals surface area (Å²) in [7, 11) is 0. The van der Waals surface area contributed by atoms with Crippen molar-refractivity contribution in [3.63, 3.8) is 0 Å². The van der Waals surface area contributed by atoms with Gasteiger partial charge in [-0.05, 0) is 30.5 Å². The van der Waals surface area contributed by atoms with E-state index in [2.05, 4.69) is 20.8 Å². The maximum atomic E-state index is 8.86. The Morgan fingerprint density at radius 1 is 1.29 bits per heavy atom. The van der Waals surface area contributed by atoms with Crippen molar-refractivity contribution in [1.82, 2.24) is 14.8 Å². The van der Waals surface area contributed by atoms with Gasteiger partial charge in [-0.2, -0.15) is 5.26 Å². The minimum Gasteiger partial charge on any atom is -0.306 e. The van der Waals surface area contributed by atoms with Gasteiger partial charge in [0.1, 0.15) is 5.82 Å². The Kier molecular flexibility index (Phi) is 4.47. The minimum atomic E-state index is 0.588. The summed E-state index contributed by atoms with van der Waals surface area (Å²) in [6, 6.07) is 7.51. The number of nitriles is 1. The zero-order valence-electron chi connectivity index (χ0n) is 11.5. The van der Waals surface area contributed by atoms with Gasteiger partial charge in [0.25, 0.3) is 0 Å². The number of aryl methyl sites for hydroxylation is 1. The molecule has 0 amide bonds. The highest BCUT2D eigenvalue weighted by Gasteiger charge is 2.15. The maximum absolute atomic E-state index is 8.86. The summed E-state index contributed by atoms with van der Waals surface area (Å²) in [6.45, 7) is 1.01. The molecule has 0 saturated heterocycles. The Morgan fingerprint density at radius 2 is 2.19 bits per heavy atom. The fourth-order valence-electron chi connectivity index (χ4n) is 2.44. The summed E-state index contributed by atoms with van der Waals surface area (Å²) in [4.78, 5) is 0. The second-order valence-electron chi connectivity index (χ2n) is 5.07. The molecule has 108 valence electrons. The van der Waals surface area contributed by atoms with Crippen LogP contribution in [0, 0.1) is 11.3 Å². The predicted octanol–water partition coefficient (Wildman–Crippen LogP) is 3.82. The maximum Gasteiger partial charge on any atom is 0.191 e. The Balaban J connectivity index is 1.74. The summed E-state index contributed by atoms with van der Waals surface area (Å²) in [5, 5.41) is 19.1. The van der Waals surface area contributed by atoms with Crippen LogP contribution < -0.4 is 0 Å². The van der Waals surface area contributed by atoms with E-state index in [4.69, 9.17) is 16.9 Å². The number of fused-ring (bicyclic) bond motifs is 1. The molecule has 0 radical (unpaired) electrons. The molecule has 0 atom stereocenters. The van der Waals surface area contributed by atoms with E-state index in [0.29, 0.717) is 10.6 Å². The standard InChI is InChI=1S/C15H15ClN4S/c16-13-8-11(9-17)5-6-12(13)10-21-15-19-18-14-4-2-1-3-7-20(14)15/h5-6,8H,1-4,7,10H2. The van der Waals surface area contributed by atoms with Crippen LogP contribution in [0.1, 0.15) is 36.2 Å². The molecular weight excluding hydrogens is 304 g/mol. The molecule has 2 aromatic rings. The van der Waals surface area contributed by atoms with Crippen molar-refractivity contribution < 1.29 is 0 Å². The molecule has 3 rings (SSSR count). The zero-order chi connectivity index (χ0) is 14.7. The van der Waals surface area contributed by atoms with Gasteiger partial charge < -0.3 is 4.57 Å². The molecule has 2 heterocycles. The average Bonchev–Trinajstić information content (AvgIpc) is 2.73. The van der Waals surface area contributed by atoms with Crippen LogP contribution >= 0.6 is 23.4 Å². The van der Waals surface area contributed by atoms with Crippen LogP contribution in [0.3, 0.4) is 0 Å². The van der Waals surface area contributed by atoms with E-state index in [1.807, 2.05) is 6.07 Å². The quantitative estimate of drug-likeness (QED) is 0.807. The average molecular weight is 319 g/mol. The smallest absolute Gasteiger partial charge is 0.191 e. The van der Waals surface area contributed by atoms with Crippen LogP contribution in [0.5, 0.6) is 0 Å². The number of halogens is 1. The third-order valence-electron chi connectivity index (χ3n) is 3.61. The molecule has 0 spiro atoms. The van der Waals surface area contributed by atoms with Gasteiger partial charge in [-0.3, -0.25) is 0 Å². The molecule has 1 aromatic carbocycles. The van der Waals surface area contributed by atoms with Crippen molar-refractivity contribution in [3.05, 3.63) is 40.2 Å². The Labute approximate surface area is 133 Å². The van der Waals surface area contributed by atoms with Gasteiger partial charge >= 0.3 is 0 Å². The number of rotatable bonds is 3. The molecule has 4 nitrogen and oxygen atoms in total. The Morgan fingerprint density at radius 3 is 3.00 bits per heavy atom. The predicted molar refractivity (Wildman–Crippen MR) is 83.3 cm³/mol. The summed E-state index contributed by atoms with van der Waals surface area (Å²) in [6.07, 6.45) is 4.67. The second kappa shape index (κ2) is 6.50. The van der Waals surface area contributed by atoms with Crippen molar-refractivity contribution in [2.45, 2.75) is 43.1 Å². The molecule has 1 aromatic heterocycles. The van der Waals surface area contributed by atoms with Crippen LogP contribution in [-0.2, 0) is 18.7 Å². The number of benzene rings is 1. The van der Waals surface area contributed by atoms with Crippen molar-refractivity contribution in [1.29, 1.82) is 5.26 Å². The summed E-state index contributed by atoms with van der Waals surface area (Å²) in [5.74, 6) is 1.84. The first-order valence-electron chi connectivity index (χ1n) is 7.01. The fourth-order valence-corrected chi connectivity index (χ4v) is 3.76. The molecular formula is C15H15ClN4S. The minimum absolute atomic E-state index is 0.588. The topological polar surface area (TPSA) is 54.5 Å². The number of nitrogens with zero attached hydrogens (tertiary/aromatic N) is 4. The van der Waals surface area contributed by atoms with Crippen LogP contribution in [0.4, 0.5) is 0 Å². The largest absolute Gasteiger partial charge is 0.306 e. The molecule has 0 unspecified atom stereocenters. The van der Waals surface area contributed by atoms with Gasteiger partial charge in [0.2, 0.25) is 0 Å². The third kappa shape index (κ3) is 3.22. The lowest BCUT2D eigenvalue weighted by Crippen LogP contribution is -2.02. The molecule has 0 bridgehead atoms. The second-order valence-corrected chi connectivity index (χ2v) is 6.42. The SMILES string of the molecule is N#Cc1ccc(CSc2nnc3n2CCCCC3)c(Cl)c1. The van der Waals surface area contributed by atoms with E-state index in [1.165, 1.54) is 19.3 Å². The normalized spacial score (nSPS) is 14.3. The lowest BCUT2D eigenvalue weighted by Gasteiger charge is -2.07. The molecule has 0 saturated carbocycles. The zero-order valence-corrected chi connectivity index (χ0v) is 13.1. The van der Waals surface area contributed by atoms with Crippen LogP contribution in [0.2, 0.25) is 5.02 Å². The number of thioether (sulfide) groups is 1. The van der Waals surface area contributed by atoms with Crippen LogP contribution in [0.15, 0.2) is 23.4 Å². The molecule has 0 fully saturated rings. The van der Waals surface area contributed by atoms with E-state index in [-0.39, 0.29) is 0 Å². The number of hydrogen-bond acceptors (Lipinski definition) is 4. The highest BCUT2D eigenvalue weighted by Crippen LogP contribution is 2.28. The van der Waals surface area contributed by atoms with E-state index in [9.17, 15) is 0 Å². The molecule has 0 aliphatic carbocycles. The fraction of sp³-hybridized carbons (Fsp3) is 0.400. The first-order chi connectivity index (χ1) is 10.3. The first kappa shape index (κ1) is 14.4. The van der Waals surface area contributed by atoms with Crippen molar-refractivity contribution in [2.75, 3.05) is 0 Å². The van der Waals surface area contributed by atoms with Crippen LogP contribution in [0.25, 0.3) is 0 Å². The van der Waals surface area contributed by atoms with Gasteiger partial charge in [-0.25, -0.2) is 0 Å². The van der Waals surface area contributed by atoms with E-state index in [0.717, 1.165) is 35.3 Å². The Bertz CT molecular complexity index is 689. The van der Waals surface area contributed by atoms with Gasteiger partial charge in [-0.1, -0.05) is 35.9 Å². The van der Waals surface area contributed by atoms with Gasteiger partial charge in [0, 0.05) is 23.7 Å². The summed E-state index contributed by atoms with van der Waals surface area (Å²) < 4.78 is 2.23. The Hall–Kier alpha value is -1.51. The summed E-state index contributed by atoms with van der Waals surface area (Å²) >= 11 is 7.86. The van der Waals surface area contributed by atoms with Gasteiger partial charge in [0.15, 0.2) is 5.16 Å². The molecule has 6 heteroatoms. The highest BCUT2D eigenvalue weighted by atomic mass is 35.5. The van der Waals surface area contributed by atoms with Crippen molar-refractivity contribution in [2.24, 2.45) is 0 Å². The third-order valence-corrected chi connectivity index (χ3v) is 4.98. The van der Waals surface area contributed by atoms with E-state index in [1.54, 1.807) is 23.9 Å². The molecule has 21 heavy (non-hydrogen) atoms. The number of aromatic nitrogens is 3. The lowest BCUT2D eigenvalue weighted by atomic mass is 10.2. The van der Waals surface area contributed by atoms with Gasteiger partial charge in [-0.15, -0.1) is 10.2 Å². The van der Waals surface area contributed by atoms with E-state index >= 15 is 0 Å². The van der Waals surface area contributed by atoms with E-state index < -0.39 is 0 Å². The molecule has 1 aliphatic rings. The summed E-state index contributed by atoms with van der Waals surface area (Å²) in [5.41, 5.74) is 1.61. The lowest BCUT2D eigenvalue weighted by molar-refractivity contribution is 0.591. The first-order valence-corrected chi connectivity index (χ1v) is 8.37. The van der Waals surface area contributed by atoms with Crippen molar-refractivity contribution in [3.8, 4) is 6.07 Å².